The molecule has 0 atom stereocenters. The number of nitrogens with zero attached hydrogens (tertiary/aromatic N) is 3. The lowest BCUT2D eigenvalue weighted by atomic mass is 9.98. The van der Waals surface area contributed by atoms with Crippen molar-refractivity contribution in [2.24, 2.45) is 0 Å². The van der Waals surface area contributed by atoms with Crippen molar-refractivity contribution in [1.82, 2.24) is 9.78 Å². The molecule has 1 aromatic rings. The highest BCUT2D eigenvalue weighted by Crippen LogP contribution is 2.29. The van der Waals surface area contributed by atoms with Gasteiger partial charge in [-0.05, 0) is 26.7 Å². The van der Waals surface area contributed by atoms with Crippen molar-refractivity contribution >= 4 is 11.5 Å². The minimum Gasteiger partial charge on any atom is -0.388 e. The minimum atomic E-state index is -0.857. The van der Waals surface area contributed by atoms with Crippen molar-refractivity contribution < 1.29 is 10.0 Å². The maximum Gasteiger partial charge on any atom is 0.333 e. The molecule has 0 fully saturated rings. The third kappa shape index (κ3) is 3.23. The van der Waals surface area contributed by atoms with Crippen LogP contribution in [0.25, 0.3) is 0 Å². The second kappa shape index (κ2) is 6.01. The topological polar surface area (TPSA) is 93.2 Å². The highest BCUT2D eigenvalue weighted by molar-refractivity contribution is 5.59. The average Bonchev–Trinajstić information content (AvgIpc) is 2.72. The summed E-state index contributed by atoms with van der Waals surface area (Å²) < 4.78 is 1.55. The summed E-state index contributed by atoms with van der Waals surface area (Å²) in [5.74, 6) is 0.366. The maximum atomic E-state index is 11.1. The van der Waals surface area contributed by atoms with Crippen LogP contribution in [0.4, 0.5) is 11.5 Å². The molecule has 7 heteroatoms. The molecule has 2 N–H and O–H groups in total. The molecule has 19 heavy (non-hydrogen) atoms. The van der Waals surface area contributed by atoms with Crippen LogP contribution < -0.4 is 5.32 Å². The van der Waals surface area contributed by atoms with Crippen molar-refractivity contribution in [3.63, 3.8) is 0 Å². The summed E-state index contributed by atoms with van der Waals surface area (Å²) in [5, 5.41) is 28.4. The van der Waals surface area contributed by atoms with Crippen LogP contribution in [0.5, 0.6) is 0 Å². The van der Waals surface area contributed by atoms with E-state index in [1.54, 1.807) is 11.6 Å². The summed E-state index contributed by atoms with van der Waals surface area (Å²) in [5.41, 5.74) is -0.493. The van der Waals surface area contributed by atoms with E-state index in [0.717, 1.165) is 0 Å². The second-order valence-corrected chi connectivity index (χ2v) is 4.64. The highest BCUT2D eigenvalue weighted by atomic mass is 16.6. The van der Waals surface area contributed by atoms with Gasteiger partial charge < -0.3 is 10.4 Å². The fourth-order valence-corrected chi connectivity index (χ4v) is 1.94. The van der Waals surface area contributed by atoms with Crippen molar-refractivity contribution in [3.05, 3.63) is 15.8 Å². The zero-order valence-electron chi connectivity index (χ0n) is 11.9. The van der Waals surface area contributed by atoms with Crippen LogP contribution in [0.15, 0.2) is 0 Å². The second-order valence-electron chi connectivity index (χ2n) is 4.64. The van der Waals surface area contributed by atoms with E-state index in [1.807, 2.05) is 20.8 Å². The molecule has 0 spiro atoms. The number of aryl methyl sites for hydroxylation is 2. The lowest BCUT2D eigenvalue weighted by Crippen LogP contribution is -2.36. The van der Waals surface area contributed by atoms with Gasteiger partial charge in [-0.15, -0.1) is 0 Å². The molecule has 7 nitrogen and oxygen atoms in total. The predicted octanol–water partition coefficient (Wildman–Crippen LogP) is 2.08. The van der Waals surface area contributed by atoms with E-state index in [4.69, 9.17) is 0 Å². The zero-order valence-corrected chi connectivity index (χ0v) is 11.9. The molecule has 108 valence electrons. The average molecular weight is 270 g/mol. The minimum absolute atomic E-state index is 0.0172. The Morgan fingerprint density at radius 2 is 2.00 bits per heavy atom. The number of nitrogens with one attached hydrogen (secondary N) is 1. The van der Waals surface area contributed by atoms with Crippen molar-refractivity contribution in [1.29, 1.82) is 0 Å². The summed E-state index contributed by atoms with van der Waals surface area (Å²) in [6.45, 7) is 8.07. The van der Waals surface area contributed by atoms with E-state index >= 15 is 0 Å². The van der Waals surface area contributed by atoms with Crippen molar-refractivity contribution in [2.45, 2.75) is 52.7 Å². The first-order valence-corrected chi connectivity index (χ1v) is 6.56. The highest BCUT2D eigenvalue weighted by Gasteiger charge is 2.28. The van der Waals surface area contributed by atoms with E-state index in [0.29, 0.717) is 30.9 Å². The Morgan fingerprint density at radius 1 is 1.42 bits per heavy atom. The summed E-state index contributed by atoms with van der Waals surface area (Å²) in [6.07, 6.45) is 1.17. The molecule has 1 heterocycles. The van der Waals surface area contributed by atoms with Crippen LogP contribution >= 0.6 is 0 Å². The molecule has 0 aliphatic heterocycles. The smallest absolute Gasteiger partial charge is 0.333 e. The number of rotatable bonds is 7. The standard InChI is InChI=1S/C12H22N4O3/c1-5-12(17,6-2)8-13-11-10(16(18)19)9(4)14-15(11)7-3/h13,17H,5-8H2,1-4H3. The quantitative estimate of drug-likeness (QED) is 0.584. The zero-order chi connectivity index (χ0) is 14.6. The van der Waals surface area contributed by atoms with Gasteiger partial charge in [0, 0.05) is 13.1 Å². The number of nitro groups is 1. The molecule has 0 aliphatic carbocycles. The molecule has 0 bridgehead atoms. The monoisotopic (exact) mass is 270 g/mol. The van der Waals surface area contributed by atoms with Gasteiger partial charge in [-0.1, -0.05) is 13.8 Å². The molecule has 0 aromatic carbocycles. The number of anilines is 1. The molecule has 1 rings (SSSR count). The van der Waals surface area contributed by atoms with E-state index in [2.05, 4.69) is 10.4 Å². The third-order valence-corrected chi connectivity index (χ3v) is 3.48. The van der Waals surface area contributed by atoms with Crippen molar-refractivity contribution in [3.8, 4) is 0 Å². The molecule has 0 aliphatic rings. The Morgan fingerprint density at radius 3 is 2.42 bits per heavy atom. The first-order chi connectivity index (χ1) is 8.88. The van der Waals surface area contributed by atoms with E-state index in [-0.39, 0.29) is 12.2 Å². The summed E-state index contributed by atoms with van der Waals surface area (Å²) in [7, 11) is 0. The molecule has 0 amide bonds. The van der Waals surface area contributed by atoms with Gasteiger partial charge in [0.1, 0.15) is 5.69 Å². The number of hydrogen-bond acceptors (Lipinski definition) is 5. The Bertz CT molecular complexity index is 452. The predicted molar refractivity (Wildman–Crippen MR) is 73.3 cm³/mol. The van der Waals surface area contributed by atoms with Gasteiger partial charge in [-0.2, -0.15) is 5.10 Å². The van der Waals surface area contributed by atoms with Gasteiger partial charge in [-0.3, -0.25) is 10.1 Å². The van der Waals surface area contributed by atoms with Crippen LogP contribution in [-0.4, -0.2) is 32.0 Å². The van der Waals surface area contributed by atoms with Gasteiger partial charge in [0.15, 0.2) is 0 Å². The van der Waals surface area contributed by atoms with Crippen LogP contribution in [0, 0.1) is 17.0 Å². The maximum absolute atomic E-state index is 11.1. The van der Waals surface area contributed by atoms with Gasteiger partial charge in [-0.25, -0.2) is 4.68 Å². The summed E-state index contributed by atoms with van der Waals surface area (Å²) in [4.78, 5) is 10.6. The normalized spacial score (nSPS) is 11.6. The molecule has 1 aromatic heterocycles. The van der Waals surface area contributed by atoms with Crippen LogP contribution in [0.2, 0.25) is 0 Å². The number of aromatic nitrogens is 2. The third-order valence-electron chi connectivity index (χ3n) is 3.48. The van der Waals surface area contributed by atoms with Crippen LogP contribution in [0.3, 0.4) is 0 Å². The Kier molecular flexibility index (Phi) is 4.88. The summed E-state index contributed by atoms with van der Waals surface area (Å²) >= 11 is 0. The number of aliphatic hydroxyl groups is 1. The van der Waals surface area contributed by atoms with Gasteiger partial charge in [0.2, 0.25) is 5.82 Å². The summed E-state index contributed by atoms with van der Waals surface area (Å²) in [6, 6.07) is 0. The largest absolute Gasteiger partial charge is 0.388 e. The fraction of sp³-hybridized carbons (Fsp3) is 0.750. The lowest BCUT2D eigenvalue weighted by Gasteiger charge is -2.25. The van der Waals surface area contributed by atoms with Gasteiger partial charge >= 0.3 is 5.69 Å². The number of hydrogen-bond donors (Lipinski definition) is 2. The Labute approximate surface area is 112 Å². The molecular formula is C12H22N4O3. The molecule has 0 saturated carbocycles. The van der Waals surface area contributed by atoms with E-state index in [9.17, 15) is 15.2 Å². The molecule has 0 radical (unpaired) electrons. The molecular weight excluding hydrogens is 248 g/mol. The molecule has 0 saturated heterocycles. The first-order valence-electron chi connectivity index (χ1n) is 6.56. The fourth-order valence-electron chi connectivity index (χ4n) is 1.94. The Hall–Kier alpha value is -1.63. The SMILES string of the molecule is CCn1nc(C)c([N+](=O)[O-])c1NCC(O)(CC)CC. The molecule has 0 unspecified atom stereocenters. The lowest BCUT2D eigenvalue weighted by molar-refractivity contribution is -0.384. The van der Waals surface area contributed by atoms with E-state index < -0.39 is 10.5 Å². The van der Waals surface area contributed by atoms with Crippen LogP contribution in [-0.2, 0) is 6.54 Å². The van der Waals surface area contributed by atoms with Crippen molar-refractivity contribution in [2.75, 3.05) is 11.9 Å². The Balaban J connectivity index is 3.02. The van der Waals surface area contributed by atoms with Gasteiger partial charge in [0.25, 0.3) is 0 Å². The van der Waals surface area contributed by atoms with E-state index in [1.165, 1.54) is 0 Å². The van der Waals surface area contributed by atoms with Gasteiger partial charge in [0.05, 0.1) is 10.5 Å². The van der Waals surface area contributed by atoms with Crippen LogP contribution in [0.1, 0.15) is 39.3 Å². The first kappa shape index (κ1) is 15.4.